The lowest BCUT2D eigenvalue weighted by Crippen LogP contribution is -2.38. The summed E-state index contributed by atoms with van der Waals surface area (Å²) in [6.45, 7) is 2.82. The normalized spacial score (nSPS) is 11.5. The Kier molecular flexibility index (Phi) is 6.85. The lowest BCUT2D eigenvalue weighted by molar-refractivity contribution is 0.470. The van der Waals surface area contributed by atoms with Crippen LogP contribution in [0.1, 0.15) is 17.5 Å². The van der Waals surface area contributed by atoms with Gasteiger partial charge in [0.05, 0.1) is 6.67 Å². The summed E-state index contributed by atoms with van der Waals surface area (Å²) >= 11 is 0. The first-order chi connectivity index (χ1) is 9.17. The number of nitrogens with one attached hydrogen (secondary N) is 2. The molecule has 1 aromatic carbocycles. The number of halogens is 2. The van der Waals surface area contributed by atoms with Gasteiger partial charge in [0.1, 0.15) is 5.82 Å². The van der Waals surface area contributed by atoms with E-state index in [0.29, 0.717) is 25.5 Å². The molecule has 106 valence electrons. The van der Waals surface area contributed by atoms with Gasteiger partial charge in [-0.15, -0.1) is 0 Å². The van der Waals surface area contributed by atoms with E-state index in [4.69, 9.17) is 0 Å². The van der Waals surface area contributed by atoms with Crippen LogP contribution in [-0.4, -0.2) is 32.8 Å². The summed E-state index contributed by atoms with van der Waals surface area (Å²) in [7, 11) is 1.67. The third-order valence-corrected chi connectivity index (χ3v) is 2.82. The predicted octanol–water partition coefficient (Wildman–Crippen LogP) is 2.20. The Morgan fingerprint density at radius 3 is 2.63 bits per heavy atom. The predicted molar refractivity (Wildman–Crippen MR) is 74.8 cm³/mol. The van der Waals surface area contributed by atoms with E-state index in [2.05, 4.69) is 15.6 Å². The van der Waals surface area contributed by atoms with Gasteiger partial charge in [-0.25, -0.2) is 4.39 Å². The van der Waals surface area contributed by atoms with E-state index in [1.165, 1.54) is 12.1 Å². The van der Waals surface area contributed by atoms with Gasteiger partial charge < -0.3 is 10.6 Å². The number of rotatable bonds is 6. The van der Waals surface area contributed by atoms with E-state index >= 15 is 0 Å². The van der Waals surface area contributed by atoms with Gasteiger partial charge in [0.15, 0.2) is 5.96 Å². The fourth-order valence-electron chi connectivity index (χ4n) is 1.75. The smallest absolute Gasteiger partial charge is 0.190 e. The largest absolute Gasteiger partial charge is 0.356 e. The van der Waals surface area contributed by atoms with Gasteiger partial charge in [-0.05, 0) is 43.0 Å². The van der Waals surface area contributed by atoms with Crippen molar-refractivity contribution in [2.75, 3.05) is 26.8 Å². The third-order valence-electron chi connectivity index (χ3n) is 2.82. The molecule has 5 heteroatoms. The Hall–Kier alpha value is -1.65. The molecule has 0 amide bonds. The molecule has 0 saturated heterocycles. The molecule has 0 unspecified atom stereocenters. The first-order valence-electron chi connectivity index (χ1n) is 6.43. The lowest BCUT2D eigenvalue weighted by atomic mass is 10.1. The van der Waals surface area contributed by atoms with E-state index in [1.807, 2.05) is 6.92 Å². The Bertz CT molecular complexity index is 419. The van der Waals surface area contributed by atoms with Crippen LogP contribution < -0.4 is 10.6 Å². The highest BCUT2D eigenvalue weighted by molar-refractivity contribution is 5.79. The molecule has 0 heterocycles. The summed E-state index contributed by atoms with van der Waals surface area (Å²) in [4.78, 5) is 4.04. The molecular weight excluding hydrogens is 248 g/mol. The van der Waals surface area contributed by atoms with Crippen molar-refractivity contribution in [3.8, 4) is 0 Å². The van der Waals surface area contributed by atoms with Crippen molar-refractivity contribution in [2.24, 2.45) is 4.99 Å². The van der Waals surface area contributed by atoms with Crippen LogP contribution in [0.4, 0.5) is 8.78 Å². The first-order valence-corrected chi connectivity index (χ1v) is 6.43. The Labute approximate surface area is 113 Å². The number of benzene rings is 1. The minimum absolute atomic E-state index is 0.210. The van der Waals surface area contributed by atoms with Gasteiger partial charge in [0.25, 0.3) is 0 Å². The van der Waals surface area contributed by atoms with E-state index in [9.17, 15) is 8.78 Å². The maximum atomic E-state index is 13.0. The summed E-state index contributed by atoms with van der Waals surface area (Å²) in [5.74, 6) is 0.450. The summed E-state index contributed by atoms with van der Waals surface area (Å²) < 4.78 is 24.9. The molecule has 0 atom stereocenters. The number of nitrogens with zero attached hydrogens (tertiary/aromatic N) is 1. The average molecular weight is 269 g/mol. The molecule has 0 saturated carbocycles. The third kappa shape index (κ3) is 5.68. The van der Waals surface area contributed by atoms with Gasteiger partial charge >= 0.3 is 0 Å². The van der Waals surface area contributed by atoms with Crippen molar-refractivity contribution >= 4 is 5.96 Å². The molecule has 0 fully saturated rings. The van der Waals surface area contributed by atoms with Gasteiger partial charge in [-0.3, -0.25) is 9.38 Å². The molecular formula is C14H21F2N3. The summed E-state index contributed by atoms with van der Waals surface area (Å²) in [6.07, 6.45) is 1.26. The average Bonchev–Trinajstić information content (AvgIpc) is 2.39. The molecule has 0 aliphatic rings. The van der Waals surface area contributed by atoms with Crippen molar-refractivity contribution in [3.05, 3.63) is 35.1 Å². The number of aliphatic imine (C=N–C) groups is 1. The quantitative estimate of drug-likeness (QED) is 0.472. The minimum atomic E-state index is -0.335. The zero-order chi connectivity index (χ0) is 14.1. The number of guanidine groups is 1. The second-order valence-corrected chi connectivity index (χ2v) is 4.29. The van der Waals surface area contributed by atoms with Crippen LogP contribution in [0, 0.1) is 12.7 Å². The Morgan fingerprint density at radius 1 is 1.26 bits per heavy atom. The fourth-order valence-corrected chi connectivity index (χ4v) is 1.75. The molecule has 1 aromatic rings. The second-order valence-electron chi connectivity index (χ2n) is 4.29. The van der Waals surface area contributed by atoms with Gasteiger partial charge in [0.2, 0.25) is 0 Å². The molecule has 2 N–H and O–H groups in total. The van der Waals surface area contributed by atoms with Crippen molar-refractivity contribution in [1.29, 1.82) is 0 Å². The first kappa shape index (κ1) is 15.4. The van der Waals surface area contributed by atoms with Crippen LogP contribution in [0.5, 0.6) is 0 Å². The highest BCUT2D eigenvalue weighted by Crippen LogP contribution is 2.10. The van der Waals surface area contributed by atoms with Gasteiger partial charge in [0, 0.05) is 20.1 Å². The van der Waals surface area contributed by atoms with E-state index in [1.54, 1.807) is 13.1 Å². The highest BCUT2D eigenvalue weighted by atomic mass is 19.1. The molecule has 0 spiro atoms. The summed E-state index contributed by atoms with van der Waals surface area (Å²) in [5.41, 5.74) is 2.05. The standard InChI is InChI=1S/C14H21F2N3/c1-11-10-13(16)5-4-12(11)6-9-19-14(17-2)18-8-3-7-15/h4-5,10H,3,6-9H2,1-2H3,(H2,17,18,19). The molecule has 0 radical (unpaired) electrons. The number of alkyl halides is 1. The van der Waals surface area contributed by atoms with Gasteiger partial charge in [-0.2, -0.15) is 0 Å². The van der Waals surface area contributed by atoms with E-state index in [-0.39, 0.29) is 12.5 Å². The molecule has 0 aromatic heterocycles. The SMILES string of the molecule is CN=C(NCCCF)NCCc1ccc(F)cc1C. The van der Waals surface area contributed by atoms with Crippen LogP contribution in [-0.2, 0) is 6.42 Å². The zero-order valence-corrected chi connectivity index (χ0v) is 11.5. The number of hydrogen-bond acceptors (Lipinski definition) is 1. The van der Waals surface area contributed by atoms with Crippen LogP contribution in [0.2, 0.25) is 0 Å². The summed E-state index contributed by atoms with van der Waals surface area (Å²) in [6, 6.07) is 4.80. The van der Waals surface area contributed by atoms with E-state index < -0.39 is 0 Å². The highest BCUT2D eigenvalue weighted by Gasteiger charge is 2.01. The molecule has 0 bridgehead atoms. The van der Waals surface area contributed by atoms with Gasteiger partial charge in [-0.1, -0.05) is 6.07 Å². The zero-order valence-electron chi connectivity index (χ0n) is 11.5. The van der Waals surface area contributed by atoms with Crippen molar-refractivity contribution in [3.63, 3.8) is 0 Å². The maximum absolute atomic E-state index is 13.0. The minimum Gasteiger partial charge on any atom is -0.356 e. The van der Waals surface area contributed by atoms with Crippen molar-refractivity contribution < 1.29 is 8.78 Å². The molecule has 3 nitrogen and oxygen atoms in total. The fraction of sp³-hybridized carbons (Fsp3) is 0.500. The van der Waals surface area contributed by atoms with Crippen molar-refractivity contribution in [1.82, 2.24) is 10.6 Å². The second kappa shape index (κ2) is 8.45. The summed E-state index contributed by atoms with van der Waals surface area (Å²) in [5, 5.41) is 6.16. The van der Waals surface area contributed by atoms with Crippen LogP contribution in [0.3, 0.4) is 0 Å². The Morgan fingerprint density at radius 2 is 2.00 bits per heavy atom. The lowest BCUT2D eigenvalue weighted by Gasteiger charge is -2.12. The van der Waals surface area contributed by atoms with Crippen molar-refractivity contribution in [2.45, 2.75) is 19.8 Å². The monoisotopic (exact) mass is 269 g/mol. The maximum Gasteiger partial charge on any atom is 0.190 e. The van der Waals surface area contributed by atoms with Crippen LogP contribution >= 0.6 is 0 Å². The molecule has 0 aliphatic heterocycles. The topological polar surface area (TPSA) is 36.4 Å². The number of hydrogen-bond donors (Lipinski definition) is 2. The molecule has 0 aliphatic carbocycles. The van der Waals surface area contributed by atoms with E-state index in [0.717, 1.165) is 17.5 Å². The molecule has 1 rings (SSSR count). The number of aryl methyl sites for hydroxylation is 1. The van der Waals surface area contributed by atoms with Crippen LogP contribution in [0.25, 0.3) is 0 Å². The Balaban J connectivity index is 2.36. The van der Waals surface area contributed by atoms with Crippen LogP contribution in [0.15, 0.2) is 23.2 Å². The molecule has 19 heavy (non-hydrogen) atoms.